The maximum absolute atomic E-state index is 9.55. The van der Waals surface area contributed by atoms with Crippen molar-refractivity contribution in [3.63, 3.8) is 0 Å². The molecule has 1 unspecified atom stereocenters. The lowest BCUT2D eigenvalue weighted by atomic mass is 10.1. The SMILES string of the molecule is CC(C)C(C)Oc1nc2c(O)cccc2o1. The van der Waals surface area contributed by atoms with Crippen molar-refractivity contribution in [3.8, 4) is 11.8 Å². The molecule has 0 saturated carbocycles. The second-order valence-corrected chi connectivity index (χ2v) is 4.17. The number of hydrogen-bond donors (Lipinski definition) is 1. The Kier molecular flexibility index (Phi) is 2.73. The molecule has 1 aromatic heterocycles. The minimum atomic E-state index is 0.0233. The van der Waals surface area contributed by atoms with Gasteiger partial charge in [0.25, 0.3) is 0 Å². The van der Waals surface area contributed by atoms with Gasteiger partial charge in [0, 0.05) is 0 Å². The Bertz CT molecular complexity index is 490. The normalized spacial score (nSPS) is 13.2. The highest BCUT2D eigenvalue weighted by Gasteiger charge is 2.14. The molecule has 0 radical (unpaired) electrons. The first-order valence-corrected chi connectivity index (χ1v) is 5.33. The molecule has 1 N–H and O–H groups in total. The van der Waals surface area contributed by atoms with Crippen molar-refractivity contribution >= 4 is 11.1 Å². The molecule has 0 saturated heterocycles. The molecule has 0 fully saturated rings. The number of nitrogens with zero attached hydrogens (tertiary/aromatic N) is 1. The summed E-state index contributed by atoms with van der Waals surface area (Å²) in [6.45, 7) is 6.08. The van der Waals surface area contributed by atoms with Gasteiger partial charge in [-0.3, -0.25) is 0 Å². The molecule has 1 aromatic carbocycles. The molecule has 0 spiro atoms. The summed E-state index contributed by atoms with van der Waals surface area (Å²) in [6, 6.07) is 5.02. The number of fused-ring (bicyclic) bond motifs is 1. The zero-order chi connectivity index (χ0) is 11.7. The molecule has 4 heteroatoms. The summed E-state index contributed by atoms with van der Waals surface area (Å²) in [4.78, 5) is 4.10. The van der Waals surface area contributed by atoms with Gasteiger partial charge in [-0.25, -0.2) is 0 Å². The van der Waals surface area contributed by atoms with Crippen LogP contribution in [0.4, 0.5) is 0 Å². The topological polar surface area (TPSA) is 55.5 Å². The standard InChI is InChI=1S/C12H15NO3/c1-7(2)8(3)15-12-13-11-9(14)5-4-6-10(11)16-12/h4-8,14H,1-3H3. The molecule has 0 amide bonds. The molecular formula is C12H15NO3. The van der Waals surface area contributed by atoms with Crippen molar-refractivity contribution in [3.05, 3.63) is 18.2 Å². The molecule has 1 heterocycles. The summed E-state index contributed by atoms with van der Waals surface area (Å²) in [7, 11) is 0. The number of phenolic OH excluding ortho intramolecular Hbond substituents is 1. The first kappa shape index (κ1) is 10.8. The van der Waals surface area contributed by atoms with Crippen LogP contribution in [0.1, 0.15) is 20.8 Å². The molecule has 2 aromatic rings. The number of ether oxygens (including phenoxy) is 1. The van der Waals surface area contributed by atoms with Gasteiger partial charge in [-0.05, 0) is 25.0 Å². The summed E-state index contributed by atoms with van der Waals surface area (Å²) < 4.78 is 10.9. The third-order valence-corrected chi connectivity index (χ3v) is 2.60. The lowest BCUT2D eigenvalue weighted by Crippen LogP contribution is -2.18. The van der Waals surface area contributed by atoms with Crippen LogP contribution in [-0.2, 0) is 0 Å². The number of oxazole rings is 1. The Morgan fingerprint density at radius 2 is 2.06 bits per heavy atom. The van der Waals surface area contributed by atoms with E-state index in [0.717, 1.165) is 0 Å². The molecule has 0 aliphatic carbocycles. The number of para-hydroxylation sites is 1. The zero-order valence-electron chi connectivity index (χ0n) is 9.60. The van der Waals surface area contributed by atoms with Crippen LogP contribution in [0.2, 0.25) is 0 Å². The van der Waals surface area contributed by atoms with E-state index in [0.29, 0.717) is 17.0 Å². The molecule has 4 nitrogen and oxygen atoms in total. The Morgan fingerprint density at radius 3 is 2.69 bits per heavy atom. The lowest BCUT2D eigenvalue weighted by molar-refractivity contribution is 0.126. The summed E-state index contributed by atoms with van der Waals surface area (Å²) in [5.41, 5.74) is 0.972. The average Bonchev–Trinajstić information content (AvgIpc) is 2.61. The number of aromatic nitrogens is 1. The number of phenols is 1. The molecule has 0 bridgehead atoms. The predicted octanol–water partition coefficient (Wildman–Crippen LogP) is 2.96. The number of benzene rings is 1. The molecule has 0 aliphatic rings. The molecule has 86 valence electrons. The average molecular weight is 221 g/mol. The van der Waals surface area contributed by atoms with E-state index in [1.54, 1.807) is 18.2 Å². The summed E-state index contributed by atoms with van der Waals surface area (Å²) in [5.74, 6) is 0.483. The van der Waals surface area contributed by atoms with Crippen molar-refractivity contribution in [1.82, 2.24) is 4.98 Å². The molecule has 0 aliphatic heterocycles. The third-order valence-electron chi connectivity index (χ3n) is 2.60. The van der Waals surface area contributed by atoms with E-state index in [-0.39, 0.29) is 17.9 Å². The highest BCUT2D eigenvalue weighted by Crippen LogP contribution is 2.28. The minimum Gasteiger partial charge on any atom is -0.506 e. The number of rotatable bonds is 3. The van der Waals surface area contributed by atoms with Crippen LogP contribution in [0.3, 0.4) is 0 Å². The largest absolute Gasteiger partial charge is 0.506 e. The van der Waals surface area contributed by atoms with E-state index in [4.69, 9.17) is 9.15 Å². The molecular weight excluding hydrogens is 206 g/mol. The lowest BCUT2D eigenvalue weighted by Gasteiger charge is -2.14. The Balaban J connectivity index is 2.30. The summed E-state index contributed by atoms with van der Waals surface area (Å²) in [6.07, 6.45) is 0.230. The van der Waals surface area contributed by atoms with Gasteiger partial charge in [-0.1, -0.05) is 19.9 Å². The number of aromatic hydroxyl groups is 1. The third kappa shape index (κ3) is 1.96. The van der Waals surface area contributed by atoms with Crippen LogP contribution in [0, 0.1) is 5.92 Å². The second-order valence-electron chi connectivity index (χ2n) is 4.17. The fourth-order valence-corrected chi connectivity index (χ4v) is 1.26. The Labute approximate surface area is 93.9 Å². The van der Waals surface area contributed by atoms with Crippen molar-refractivity contribution in [1.29, 1.82) is 0 Å². The highest BCUT2D eigenvalue weighted by molar-refractivity contribution is 5.79. The molecule has 16 heavy (non-hydrogen) atoms. The van der Waals surface area contributed by atoms with Gasteiger partial charge < -0.3 is 14.3 Å². The maximum atomic E-state index is 9.55. The van der Waals surface area contributed by atoms with Crippen LogP contribution in [-0.4, -0.2) is 16.2 Å². The highest BCUT2D eigenvalue weighted by atomic mass is 16.6. The van der Waals surface area contributed by atoms with Crippen LogP contribution in [0.15, 0.2) is 22.6 Å². The van der Waals surface area contributed by atoms with E-state index in [9.17, 15) is 5.11 Å². The van der Waals surface area contributed by atoms with Gasteiger partial charge in [0.1, 0.15) is 11.9 Å². The van der Waals surface area contributed by atoms with Gasteiger partial charge in [-0.15, -0.1) is 0 Å². The van der Waals surface area contributed by atoms with Crippen LogP contribution >= 0.6 is 0 Å². The summed E-state index contributed by atoms with van der Waals surface area (Å²) >= 11 is 0. The molecule has 1 atom stereocenters. The van der Waals surface area contributed by atoms with E-state index >= 15 is 0 Å². The first-order chi connectivity index (χ1) is 7.58. The van der Waals surface area contributed by atoms with Gasteiger partial charge in [0.15, 0.2) is 11.1 Å². The minimum absolute atomic E-state index is 0.0233. The number of hydrogen-bond acceptors (Lipinski definition) is 4. The predicted molar refractivity (Wildman–Crippen MR) is 60.6 cm³/mol. The van der Waals surface area contributed by atoms with Crippen molar-refractivity contribution in [2.45, 2.75) is 26.9 Å². The quantitative estimate of drug-likeness (QED) is 0.865. The van der Waals surface area contributed by atoms with Crippen LogP contribution in [0.5, 0.6) is 11.8 Å². The summed E-state index contributed by atoms with van der Waals surface area (Å²) in [5, 5.41) is 9.55. The van der Waals surface area contributed by atoms with Crippen molar-refractivity contribution < 1.29 is 14.3 Å². The van der Waals surface area contributed by atoms with E-state index in [1.807, 2.05) is 6.92 Å². The van der Waals surface area contributed by atoms with Gasteiger partial charge in [-0.2, -0.15) is 4.98 Å². The van der Waals surface area contributed by atoms with E-state index in [1.165, 1.54) is 0 Å². The van der Waals surface area contributed by atoms with Crippen LogP contribution in [0.25, 0.3) is 11.1 Å². The fourth-order valence-electron chi connectivity index (χ4n) is 1.26. The van der Waals surface area contributed by atoms with E-state index in [2.05, 4.69) is 18.8 Å². The first-order valence-electron chi connectivity index (χ1n) is 5.33. The zero-order valence-corrected chi connectivity index (χ0v) is 9.60. The maximum Gasteiger partial charge on any atom is 0.395 e. The monoisotopic (exact) mass is 221 g/mol. The fraction of sp³-hybridized carbons (Fsp3) is 0.417. The van der Waals surface area contributed by atoms with Gasteiger partial charge >= 0.3 is 6.08 Å². The van der Waals surface area contributed by atoms with Crippen molar-refractivity contribution in [2.75, 3.05) is 0 Å². The molecule has 2 rings (SSSR count). The van der Waals surface area contributed by atoms with Crippen molar-refractivity contribution in [2.24, 2.45) is 5.92 Å². The second kappa shape index (κ2) is 4.04. The Morgan fingerprint density at radius 1 is 1.31 bits per heavy atom. The van der Waals surface area contributed by atoms with Gasteiger partial charge in [0.2, 0.25) is 0 Å². The van der Waals surface area contributed by atoms with Gasteiger partial charge in [0.05, 0.1) is 0 Å². The smallest absolute Gasteiger partial charge is 0.395 e. The van der Waals surface area contributed by atoms with E-state index < -0.39 is 0 Å². The Hall–Kier alpha value is -1.71. The van der Waals surface area contributed by atoms with Crippen LogP contribution < -0.4 is 4.74 Å².